The monoisotopic (exact) mass is 514 g/mol. The van der Waals surface area contributed by atoms with Gasteiger partial charge in [-0.15, -0.1) is 24.0 Å². The van der Waals surface area contributed by atoms with E-state index in [1.165, 1.54) is 0 Å². The summed E-state index contributed by atoms with van der Waals surface area (Å²) in [6.07, 6.45) is 1.60. The van der Waals surface area contributed by atoms with E-state index >= 15 is 0 Å². The minimum atomic E-state index is -0.494. The summed E-state index contributed by atoms with van der Waals surface area (Å²) in [5.74, 6) is 0.991. The van der Waals surface area contributed by atoms with Crippen LogP contribution < -0.4 is 15.8 Å². The van der Waals surface area contributed by atoms with Gasteiger partial charge in [0, 0.05) is 52.4 Å². The third-order valence-corrected chi connectivity index (χ3v) is 4.49. The van der Waals surface area contributed by atoms with E-state index in [4.69, 9.17) is 15.0 Å². The summed E-state index contributed by atoms with van der Waals surface area (Å²) in [5.41, 5.74) is 7.10. The average Bonchev–Trinajstić information content (AvgIpc) is 3.21. The van der Waals surface area contributed by atoms with Crippen LogP contribution in [0.5, 0.6) is 5.75 Å². The third-order valence-electron chi connectivity index (χ3n) is 4.49. The number of benzene rings is 1. The fourth-order valence-electron chi connectivity index (χ4n) is 3.08. The van der Waals surface area contributed by atoms with Crippen molar-refractivity contribution in [1.29, 1.82) is 0 Å². The predicted molar refractivity (Wildman–Crippen MR) is 120 cm³/mol. The quantitative estimate of drug-likeness (QED) is 0.323. The topological polar surface area (TPSA) is 109 Å². The Labute approximate surface area is 187 Å². The molecule has 0 saturated carbocycles. The first-order chi connectivity index (χ1) is 13.6. The molecule has 1 amide bonds. The number of guanidine groups is 1. The van der Waals surface area contributed by atoms with Crippen molar-refractivity contribution in [2.45, 2.75) is 13.1 Å². The molecule has 29 heavy (non-hydrogen) atoms. The van der Waals surface area contributed by atoms with Gasteiger partial charge in [-0.05, 0) is 17.7 Å². The minimum Gasteiger partial charge on any atom is -0.484 e. The minimum absolute atomic E-state index is 0. The summed E-state index contributed by atoms with van der Waals surface area (Å²) in [5, 5.41) is 7.36. The first-order valence-electron chi connectivity index (χ1n) is 9.21. The molecular weight excluding hydrogens is 487 g/mol. The second-order valence-electron chi connectivity index (χ2n) is 6.56. The van der Waals surface area contributed by atoms with Gasteiger partial charge < -0.3 is 25.2 Å². The van der Waals surface area contributed by atoms with E-state index in [0.29, 0.717) is 12.3 Å². The van der Waals surface area contributed by atoms with Crippen LogP contribution in [0.1, 0.15) is 11.3 Å². The fraction of sp³-hybridized carbons (Fsp3) is 0.421. The van der Waals surface area contributed by atoms with Crippen molar-refractivity contribution >= 4 is 35.8 Å². The summed E-state index contributed by atoms with van der Waals surface area (Å²) in [7, 11) is 1.79. The van der Waals surface area contributed by atoms with Crippen LogP contribution in [-0.2, 0) is 17.9 Å². The maximum absolute atomic E-state index is 10.9. The molecule has 3 N–H and O–H groups in total. The highest BCUT2D eigenvalue weighted by molar-refractivity contribution is 14.0. The maximum Gasteiger partial charge on any atom is 0.255 e. The van der Waals surface area contributed by atoms with Gasteiger partial charge in [-0.2, -0.15) is 0 Å². The van der Waals surface area contributed by atoms with Crippen LogP contribution in [0, 0.1) is 0 Å². The number of aromatic nitrogens is 1. The molecule has 9 nitrogen and oxygen atoms in total. The Hall–Kier alpha value is -2.34. The number of amides is 1. The zero-order valence-corrected chi connectivity index (χ0v) is 18.7. The van der Waals surface area contributed by atoms with Crippen LogP contribution >= 0.6 is 24.0 Å². The lowest BCUT2D eigenvalue weighted by atomic mass is 10.2. The molecule has 2 aromatic rings. The number of ether oxygens (including phenoxy) is 1. The second kappa shape index (κ2) is 11.6. The standard InChI is InChI=1S/C19H26N6O3.HI/c1-21-19(22-12-15-3-2-4-17(11-15)27-14-18(20)26)25-8-6-24(7-9-25)13-16-5-10-28-23-16;/h2-5,10-11H,6-9,12-14H2,1H3,(H2,20,26)(H,21,22);1H. The molecule has 0 radical (unpaired) electrons. The molecule has 1 aromatic heterocycles. The number of carbonyl (C=O) groups is 1. The van der Waals surface area contributed by atoms with Gasteiger partial charge in [-0.3, -0.25) is 14.7 Å². The van der Waals surface area contributed by atoms with Gasteiger partial charge in [-0.25, -0.2) is 0 Å². The highest BCUT2D eigenvalue weighted by Gasteiger charge is 2.20. The highest BCUT2D eigenvalue weighted by atomic mass is 127. The molecule has 1 aliphatic heterocycles. The number of nitrogens with one attached hydrogen (secondary N) is 1. The van der Waals surface area contributed by atoms with Crippen molar-refractivity contribution in [2.24, 2.45) is 10.7 Å². The van der Waals surface area contributed by atoms with E-state index in [-0.39, 0.29) is 30.6 Å². The van der Waals surface area contributed by atoms with Gasteiger partial charge in [0.05, 0.1) is 5.69 Å². The SMILES string of the molecule is CN=C(NCc1cccc(OCC(N)=O)c1)N1CCN(Cc2ccon2)CC1.I. The van der Waals surface area contributed by atoms with Crippen molar-refractivity contribution in [2.75, 3.05) is 39.8 Å². The Kier molecular flexibility index (Phi) is 9.19. The number of hydrogen-bond donors (Lipinski definition) is 2. The van der Waals surface area contributed by atoms with E-state index in [2.05, 4.69) is 25.3 Å². The zero-order chi connectivity index (χ0) is 19.8. The summed E-state index contributed by atoms with van der Waals surface area (Å²) in [4.78, 5) is 19.8. The van der Waals surface area contributed by atoms with E-state index in [1.807, 2.05) is 24.3 Å². The fourth-order valence-corrected chi connectivity index (χ4v) is 3.08. The molecule has 1 saturated heterocycles. The molecule has 10 heteroatoms. The number of carbonyl (C=O) groups excluding carboxylic acids is 1. The summed E-state index contributed by atoms with van der Waals surface area (Å²) in [6.45, 7) is 4.93. The number of piperazine rings is 1. The Morgan fingerprint density at radius 2 is 2.10 bits per heavy atom. The molecule has 1 aromatic carbocycles. The summed E-state index contributed by atoms with van der Waals surface area (Å²) >= 11 is 0. The third kappa shape index (κ3) is 7.20. The van der Waals surface area contributed by atoms with Crippen LogP contribution in [0.25, 0.3) is 0 Å². The van der Waals surface area contributed by atoms with Gasteiger partial charge in [0.2, 0.25) is 0 Å². The Bertz CT molecular complexity index is 791. The lowest BCUT2D eigenvalue weighted by Gasteiger charge is -2.36. The van der Waals surface area contributed by atoms with Crippen molar-refractivity contribution < 1.29 is 14.1 Å². The smallest absolute Gasteiger partial charge is 0.255 e. The van der Waals surface area contributed by atoms with Crippen LogP contribution in [0.2, 0.25) is 0 Å². The number of nitrogens with two attached hydrogens (primary N) is 1. The molecule has 1 fully saturated rings. The number of halogens is 1. The molecule has 0 atom stereocenters. The van der Waals surface area contributed by atoms with Crippen LogP contribution in [0.15, 0.2) is 46.1 Å². The lowest BCUT2D eigenvalue weighted by molar-refractivity contribution is -0.119. The molecule has 3 rings (SSSR count). The Morgan fingerprint density at radius 3 is 2.76 bits per heavy atom. The molecule has 0 bridgehead atoms. The second-order valence-corrected chi connectivity index (χ2v) is 6.56. The predicted octanol–water partition coefficient (Wildman–Crippen LogP) is 1.05. The van der Waals surface area contributed by atoms with Crippen molar-refractivity contribution in [3.8, 4) is 5.75 Å². The molecule has 0 aliphatic carbocycles. The molecule has 0 unspecified atom stereocenters. The first-order valence-corrected chi connectivity index (χ1v) is 9.21. The molecule has 0 spiro atoms. The van der Waals surface area contributed by atoms with Crippen LogP contribution in [-0.4, -0.2) is 66.7 Å². The number of aliphatic imine (C=N–C) groups is 1. The van der Waals surface area contributed by atoms with Gasteiger partial charge >= 0.3 is 0 Å². The average molecular weight is 514 g/mol. The van der Waals surface area contributed by atoms with Crippen molar-refractivity contribution in [1.82, 2.24) is 20.3 Å². The first kappa shape index (κ1) is 22.9. The van der Waals surface area contributed by atoms with Gasteiger partial charge in [0.25, 0.3) is 5.91 Å². The maximum atomic E-state index is 10.9. The highest BCUT2D eigenvalue weighted by Crippen LogP contribution is 2.13. The number of nitrogens with zero attached hydrogens (tertiary/aromatic N) is 4. The molecule has 2 heterocycles. The largest absolute Gasteiger partial charge is 0.484 e. The molecule has 158 valence electrons. The van der Waals surface area contributed by atoms with Crippen molar-refractivity contribution in [3.63, 3.8) is 0 Å². The summed E-state index contributed by atoms with van der Waals surface area (Å²) < 4.78 is 10.2. The van der Waals surface area contributed by atoms with Gasteiger partial charge in [0.1, 0.15) is 12.0 Å². The number of hydrogen-bond acceptors (Lipinski definition) is 6. The summed E-state index contributed by atoms with van der Waals surface area (Å²) in [6, 6.07) is 9.47. The Balaban J connectivity index is 0.00000300. The van der Waals surface area contributed by atoms with Gasteiger partial charge in [-0.1, -0.05) is 17.3 Å². The molecular formula is C19H27IN6O3. The van der Waals surface area contributed by atoms with Crippen LogP contribution in [0.3, 0.4) is 0 Å². The number of rotatable bonds is 7. The van der Waals surface area contributed by atoms with Gasteiger partial charge in [0.15, 0.2) is 12.6 Å². The van der Waals surface area contributed by atoms with Crippen molar-refractivity contribution in [3.05, 3.63) is 47.9 Å². The number of primary amides is 1. The van der Waals surface area contributed by atoms with E-state index in [1.54, 1.807) is 19.4 Å². The Morgan fingerprint density at radius 1 is 1.31 bits per heavy atom. The van der Waals surface area contributed by atoms with E-state index in [9.17, 15) is 4.79 Å². The van der Waals surface area contributed by atoms with E-state index < -0.39 is 5.91 Å². The zero-order valence-electron chi connectivity index (χ0n) is 16.4. The normalized spacial score (nSPS) is 14.9. The van der Waals surface area contributed by atoms with E-state index in [0.717, 1.165) is 49.9 Å². The molecule has 1 aliphatic rings. The lowest BCUT2D eigenvalue weighted by Crippen LogP contribution is -2.52. The van der Waals surface area contributed by atoms with Crippen LogP contribution in [0.4, 0.5) is 0 Å².